The first-order valence-corrected chi connectivity index (χ1v) is 12.3. The number of amides is 1. The Hall–Kier alpha value is -2.78. The quantitative estimate of drug-likeness (QED) is 0.448. The van der Waals surface area contributed by atoms with Gasteiger partial charge in [0, 0.05) is 23.5 Å². The van der Waals surface area contributed by atoms with E-state index in [4.69, 9.17) is 4.42 Å². The summed E-state index contributed by atoms with van der Waals surface area (Å²) in [5.41, 5.74) is 3.53. The molecule has 1 aliphatic carbocycles. The maximum atomic E-state index is 13.7. The van der Waals surface area contributed by atoms with Gasteiger partial charge in [0.25, 0.3) is 5.91 Å². The number of likely N-dealkylation sites (tertiary alicyclic amines) is 1. The third kappa shape index (κ3) is 5.25. The average molecular weight is 449 g/mol. The molecule has 2 fully saturated rings. The van der Waals surface area contributed by atoms with Crippen LogP contribution in [0.3, 0.4) is 0 Å². The largest absolute Gasteiger partial charge is 0.467 e. The van der Waals surface area contributed by atoms with Crippen molar-refractivity contribution in [3.05, 3.63) is 52.7 Å². The highest BCUT2D eigenvalue weighted by Gasteiger charge is 2.30. The van der Waals surface area contributed by atoms with Crippen molar-refractivity contribution in [2.75, 3.05) is 20.1 Å². The number of aryl methyl sites for hydroxylation is 1. The Morgan fingerprint density at radius 1 is 1.21 bits per heavy atom. The second-order valence-electron chi connectivity index (χ2n) is 9.70. The van der Waals surface area contributed by atoms with Crippen molar-refractivity contribution in [1.29, 1.82) is 5.26 Å². The lowest BCUT2D eigenvalue weighted by molar-refractivity contribution is -0.130. The van der Waals surface area contributed by atoms with Gasteiger partial charge in [-0.3, -0.25) is 4.79 Å². The van der Waals surface area contributed by atoms with Gasteiger partial charge in [-0.15, -0.1) is 0 Å². The molecule has 6 nitrogen and oxygen atoms in total. The highest BCUT2D eigenvalue weighted by Crippen LogP contribution is 2.33. The minimum absolute atomic E-state index is 0.102. The van der Waals surface area contributed by atoms with E-state index in [2.05, 4.69) is 42.5 Å². The van der Waals surface area contributed by atoms with Gasteiger partial charge in [-0.1, -0.05) is 19.3 Å². The molecule has 176 valence electrons. The number of hydrogen-bond donors (Lipinski definition) is 0. The molecule has 0 atom stereocenters. The van der Waals surface area contributed by atoms with E-state index < -0.39 is 0 Å². The summed E-state index contributed by atoms with van der Waals surface area (Å²) < 4.78 is 7.97. The number of carbonyl (C=O) groups excluding carboxylic acids is 1. The third-order valence-corrected chi connectivity index (χ3v) is 7.41. The van der Waals surface area contributed by atoms with Crippen LogP contribution in [0.25, 0.3) is 6.08 Å². The Balaban J connectivity index is 1.61. The predicted molar refractivity (Wildman–Crippen MR) is 129 cm³/mol. The van der Waals surface area contributed by atoms with E-state index in [-0.39, 0.29) is 17.5 Å². The first-order chi connectivity index (χ1) is 16.0. The van der Waals surface area contributed by atoms with Gasteiger partial charge in [-0.2, -0.15) is 5.26 Å². The zero-order valence-electron chi connectivity index (χ0n) is 20.2. The Kier molecular flexibility index (Phi) is 7.39. The molecule has 3 heterocycles. The molecule has 0 unspecified atom stereocenters. The van der Waals surface area contributed by atoms with Gasteiger partial charge in [0.15, 0.2) is 0 Å². The van der Waals surface area contributed by atoms with Crippen molar-refractivity contribution < 1.29 is 9.21 Å². The summed E-state index contributed by atoms with van der Waals surface area (Å²) in [5.74, 6) is 0.543. The van der Waals surface area contributed by atoms with Gasteiger partial charge in [0.1, 0.15) is 17.4 Å². The van der Waals surface area contributed by atoms with E-state index in [9.17, 15) is 10.1 Å². The molecule has 0 spiro atoms. The fourth-order valence-electron chi connectivity index (χ4n) is 5.55. The molecule has 0 aromatic carbocycles. The summed E-state index contributed by atoms with van der Waals surface area (Å²) in [6.07, 6.45) is 11.5. The van der Waals surface area contributed by atoms with Crippen LogP contribution in [0.1, 0.15) is 73.7 Å². The molecule has 2 aliphatic rings. The number of nitrogens with zero attached hydrogens (tertiary/aromatic N) is 4. The summed E-state index contributed by atoms with van der Waals surface area (Å²) in [6, 6.07) is 8.70. The van der Waals surface area contributed by atoms with Gasteiger partial charge in [0.2, 0.25) is 0 Å². The number of furan rings is 1. The minimum atomic E-state index is -0.203. The number of hydrogen-bond acceptors (Lipinski definition) is 4. The maximum Gasteiger partial charge on any atom is 0.265 e. The number of carbonyl (C=O) groups is 1. The Bertz CT molecular complexity index is 1010. The first-order valence-electron chi connectivity index (χ1n) is 12.3. The van der Waals surface area contributed by atoms with Crippen LogP contribution in [-0.4, -0.2) is 46.5 Å². The molecule has 1 aliphatic heterocycles. The monoisotopic (exact) mass is 448 g/mol. The molecule has 6 heteroatoms. The molecule has 1 amide bonds. The molecule has 33 heavy (non-hydrogen) atoms. The lowest BCUT2D eigenvalue weighted by Crippen LogP contribution is -2.46. The molecular formula is C27H36N4O2. The molecule has 4 rings (SSSR count). The van der Waals surface area contributed by atoms with Crippen LogP contribution in [0.5, 0.6) is 0 Å². The SMILES string of the molecule is Cc1cc(/C=C(\C#N)C(=O)N(Cc2ccco2)C2CCN(C)CC2)c(C)n1C1CCCCC1. The number of piperidine rings is 1. The predicted octanol–water partition coefficient (Wildman–Crippen LogP) is 5.23. The van der Waals surface area contributed by atoms with Crippen molar-refractivity contribution >= 4 is 12.0 Å². The van der Waals surface area contributed by atoms with Gasteiger partial charge in [0.05, 0.1) is 12.8 Å². The number of aromatic nitrogens is 1. The zero-order valence-corrected chi connectivity index (χ0v) is 20.2. The fourth-order valence-corrected chi connectivity index (χ4v) is 5.55. The third-order valence-electron chi connectivity index (χ3n) is 7.41. The molecule has 1 saturated carbocycles. The van der Waals surface area contributed by atoms with Crippen molar-refractivity contribution in [2.45, 2.75) is 77.4 Å². The maximum absolute atomic E-state index is 13.7. The van der Waals surface area contributed by atoms with Gasteiger partial charge >= 0.3 is 0 Å². The normalized spacial score (nSPS) is 18.9. The molecule has 2 aromatic heterocycles. The van der Waals surface area contributed by atoms with Crippen LogP contribution in [0.4, 0.5) is 0 Å². The van der Waals surface area contributed by atoms with E-state index in [1.165, 1.54) is 37.8 Å². The molecule has 1 saturated heterocycles. The summed E-state index contributed by atoms with van der Waals surface area (Å²) in [4.78, 5) is 17.8. The molecule has 2 aromatic rings. The van der Waals surface area contributed by atoms with Gasteiger partial charge < -0.3 is 18.8 Å². The summed E-state index contributed by atoms with van der Waals surface area (Å²) in [7, 11) is 2.11. The van der Waals surface area contributed by atoms with E-state index >= 15 is 0 Å². The standard InChI is InChI=1S/C27H36N4O2/c1-20-16-22(21(2)31(20)25-8-5-4-6-9-25)17-23(18-28)27(32)30(19-26-10-7-15-33-26)24-11-13-29(3)14-12-24/h7,10,15-17,24-25H,4-6,8-9,11-14,19H2,1-3H3/b23-17+. The van der Waals surface area contributed by atoms with Crippen molar-refractivity contribution in [1.82, 2.24) is 14.4 Å². The zero-order chi connectivity index (χ0) is 23.4. The average Bonchev–Trinajstić information content (AvgIpc) is 3.44. The molecular weight excluding hydrogens is 412 g/mol. The van der Waals surface area contributed by atoms with E-state index in [0.717, 1.165) is 42.9 Å². The smallest absolute Gasteiger partial charge is 0.265 e. The summed E-state index contributed by atoms with van der Waals surface area (Å²) >= 11 is 0. The Morgan fingerprint density at radius 2 is 1.94 bits per heavy atom. The topological polar surface area (TPSA) is 65.4 Å². The van der Waals surface area contributed by atoms with Crippen molar-refractivity contribution in [3.63, 3.8) is 0 Å². The summed E-state index contributed by atoms with van der Waals surface area (Å²) in [5, 5.41) is 9.98. The van der Waals surface area contributed by atoms with Gasteiger partial charge in [-0.25, -0.2) is 0 Å². The lowest BCUT2D eigenvalue weighted by Gasteiger charge is -2.36. The number of nitriles is 1. The molecule has 0 N–H and O–H groups in total. The Morgan fingerprint density at radius 3 is 2.58 bits per heavy atom. The van der Waals surface area contributed by atoms with E-state index in [1.54, 1.807) is 12.3 Å². The highest BCUT2D eigenvalue weighted by molar-refractivity contribution is 6.02. The van der Waals surface area contributed by atoms with Crippen LogP contribution in [0.15, 0.2) is 34.5 Å². The molecule has 0 bridgehead atoms. The second-order valence-corrected chi connectivity index (χ2v) is 9.70. The minimum Gasteiger partial charge on any atom is -0.467 e. The molecule has 0 radical (unpaired) electrons. The van der Waals surface area contributed by atoms with Crippen LogP contribution in [-0.2, 0) is 11.3 Å². The van der Waals surface area contributed by atoms with Crippen molar-refractivity contribution in [2.24, 2.45) is 0 Å². The van der Waals surface area contributed by atoms with Gasteiger partial charge in [-0.05, 0) is 89.5 Å². The first kappa shape index (κ1) is 23.4. The van der Waals surface area contributed by atoms with Crippen LogP contribution >= 0.6 is 0 Å². The Labute approximate surface area is 197 Å². The summed E-state index contributed by atoms with van der Waals surface area (Å²) in [6.45, 7) is 6.53. The van der Waals surface area contributed by atoms with Crippen LogP contribution < -0.4 is 0 Å². The van der Waals surface area contributed by atoms with Crippen molar-refractivity contribution in [3.8, 4) is 6.07 Å². The second kappa shape index (κ2) is 10.4. The lowest BCUT2D eigenvalue weighted by atomic mass is 9.95. The highest BCUT2D eigenvalue weighted by atomic mass is 16.3. The number of rotatable bonds is 6. The fraction of sp³-hybridized carbons (Fsp3) is 0.556. The van der Waals surface area contributed by atoms with Crippen LogP contribution in [0, 0.1) is 25.2 Å². The van der Waals surface area contributed by atoms with Crippen LogP contribution in [0.2, 0.25) is 0 Å². The van der Waals surface area contributed by atoms with E-state index in [0.29, 0.717) is 12.6 Å². The van der Waals surface area contributed by atoms with E-state index in [1.807, 2.05) is 17.0 Å².